The minimum absolute atomic E-state index is 0.276. The van der Waals surface area contributed by atoms with Crippen molar-refractivity contribution in [3.63, 3.8) is 0 Å². The van der Waals surface area contributed by atoms with Crippen LogP contribution in [0.15, 0.2) is 23.2 Å². The molecule has 0 amide bonds. The average molecular weight is 335 g/mol. The number of methoxy groups -OCH3 is 1. The highest BCUT2D eigenvalue weighted by Crippen LogP contribution is 2.19. The largest absolute Gasteiger partial charge is 0.496 e. The molecule has 1 aromatic rings. The fourth-order valence-electron chi connectivity index (χ4n) is 2.55. The van der Waals surface area contributed by atoms with Gasteiger partial charge in [0, 0.05) is 32.3 Å². The van der Waals surface area contributed by atoms with Gasteiger partial charge in [0.1, 0.15) is 5.75 Å². The van der Waals surface area contributed by atoms with E-state index in [1.165, 1.54) is 5.56 Å². The fourth-order valence-corrected chi connectivity index (χ4v) is 2.55. The van der Waals surface area contributed by atoms with Crippen molar-refractivity contribution in [2.75, 3.05) is 27.3 Å². The molecule has 0 aliphatic heterocycles. The van der Waals surface area contributed by atoms with E-state index in [0.29, 0.717) is 12.5 Å². The van der Waals surface area contributed by atoms with Crippen LogP contribution in [0.3, 0.4) is 0 Å². The molecule has 0 aromatic heterocycles. The highest BCUT2D eigenvalue weighted by molar-refractivity contribution is 5.79. The van der Waals surface area contributed by atoms with Gasteiger partial charge in [-0.1, -0.05) is 26.0 Å². The van der Waals surface area contributed by atoms with Gasteiger partial charge in [-0.05, 0) is 37.8 Å². The first-order valence-corrected chi connectivity index (χ1v) is 8.71. The Kier molecular flexibility index (Phi) is 9.23. The number of hydrogen-bond acceptors (Lipinski definition) is 3. The van der Waals surface area contributed by atoms with E-state index in [2.05, 4.69) is 48.5 Å². The molecule has 0 aliphatic carbocycles. The van der Waals surface area contributed by atoms with Crippen LogP contribution in [0.5, 0.6) is 5.75 Å². The van der Waals surface area contributed by atoms with Crippen LogP contribution in [0.1, 0.15) is 38.3 Å². The van der Waals surface area contributed by atoms with E-state index in [1.807, 2.05) is 13.0 Å². The monoisotopic (exact) mass is 335 g/mol. The molecule has 0 saturated carbocycles. The fraction of sp³-hybridized carbons (Fsp3) is 0.632. The van der Waals surface area contributed by atoms with Crippen molar-refractivity contribution in [1.29, 1.82) is 0 Å². The summed E-state index contributed by atoms with van der Waals surface area (Å²) in [5, 5.41) is 6.68. The standard InChI is InChI=1S/C19H33N3O2/c1-7-24-17(14(2)3)10-11-21-19(20-5)22-13-16-9-8-15(4)12-18(16)23-6/h8-9,12,14,17H,7,10-11,13H2,1-6H3,(H2,20,21,22). The number of aliphatic imine (C=N–C) groups is 1. The van der Waals surface area contributed by atoms with Crippen LogP contribution in [0, 0.1) is 12.8 Å². The molecule has 0 saturated heterocycles. The lowest BCUT2D eigenvalue weighted by atomic mass is 10.0. The van der Waals surface area contributed by atoms with E-state index < -0.39 is 0 Å². The number of aryl methyl sites for hydroxylation is 1. The summed E-state index contributed by atoms with van der Waals surface area (Å²) in [6.45, 7) is 10.7. The van der Waals surface area contributed by atoms with Gasteiger partial charge in [-0.3, -0.25) is 4.99 Å². The smallest absolute Gasteiger partial charge is 0.191 e. The second-order valence-corrected chi connectivity index (χ2v) is 6.19. The van der Waals surface area contributed by atoms with Crippen LogP contribution < -0.4 is 15.4 Å². The van der Waals surface area contributed by atoms with Gasteiger partial charge in [-0.25, -0.2) is 0 Å². The first kappa shape index (κ1) is 20.3. The number of hydrogen-bond donors (Lipinski definition) is 2. The molecule has 2 N–H and O–H groups in total. The van der Waals surface area contributed by atoms with Crippen LogP contribution in [-0.4, -0.2) is 39.4 Å². The van der Waals surface area contributed by atoms with Crippen LogP contribution in [0.25, 0.3) is 0 Å². The Morgan fingerprint density at radius 2 is 2.00 bits per heavy atom. The Labute approximate surface area is 146 Å². The summed E-state index contributed by atoms with van der Waals surface area (Å²) >= 11 is 0. The molecule has 5 heteroatoms. The minimum atomic E-state index is 0.276. The third kappa shape index (κ3) is 6.79. The molecule has 0 spiro atoms. The normalized spacial score (nSPS) is 13.0. The first-order chi connectivity index (χ1) is 11.5. The van der Waals surface area contributed by atoms with Gasteiger partial charge in [0.2, 0.25) is 0 Å². The molecule has 0 bridgehead atoms. The topological polar surface area (TPSA) is 54.9 Å². The van der Waals surface area contributed by atoms with Gasteiger partial charge in [-0.15, -0.1) is 0 Å². The van der Waals surface area contributed by atoms with Crippen molar-refractivity contribution in [2.24, 2.45) is 10.9 Å². The second kappa shape index (κ2) is 10.9. The zero-order valence-corrected chi connectivity index (χ0v) is 16.0. The summed E-state index contributed by atoms with van der Waals surface area (Å²) in [6, 6.07) is 6.21. The number of rotatable bonds is 9. The van der Waals surface area contributed by atoms with Gasteiger partial charge in [-0.2, -0.15) is 0 Å². The molecular formula is C19H33N3O2. The van der Waals surface area contributed by atoms with Crippen LogP contribution in [0.4, 0.5) is 0 Å². The van der Waals surface area contributed by atoms with Crippen molar-refractivity contribution in [2.45, 2.75) is 46.8 Å². The van der Waals surface area contributed by atoms with E-state index in [-0.39, 0.29) is 6.10 Å². The maximum atomic E-state index is 5.77. The summed E-state index contributed by atoms with van der Waals surface area (Å²) in [5.41, 5.74) is 2.30. The Bertz CT molecular complexity index is 515. The van der Waals surface area contributed by atoms with Gasteiger partial charge in [0.15, 0.2) is 5.96 Å². The predicted molar refractivity (Wildman–Crippen MR) is 101 cm³/mol. The molecular weight excluding hydrogens is 302 g/mol. The SMILES string of the molecule is CCOC(CCNC(=NC)NCc1ccc(C)cc1OC)C(C)C. The van der Waals surface area contributed by atoms with Crippen LogP contribution in [0.2, 0.25) is 0 Å². The van der Waals surface area contributed by atoms with Crippen molar-refractivity contribution in [3.05, 3.63) is 29.3 Å². The van der Waals surface area contributed by atoms with E-state index >= 15 is 0 Å². The summed E-state index contributed by atoms with van der Waals surface area (Å²) in [5.74, 6) is 2.20. The highest BCUT2D eigenvalue weighted by Gasteiger charge is 2.13. The number of ether oxygens (including phenoxy) is 2. The van der Waals surface area contributed by atoms with E-state index in [1.54, 1.807) is 14.2 Å². The molecule has 1 atom stereocenters. The van der Waals surface area contributed by atoms with Gasteiger partial charge in [0.25, 0.3) is 0 Å². The number of guanidine groups is 1. The third-order valence-electron chi connectivity index (χ3n) is 3.96. The predicted octanol–water partition coefficient (Wildman–Crippen LogP) is 3.12. The van der Waals surface area contributed by atoms with Gasteiger partial charge < -0.3 is 20.1 Å². The van der Waals surface area contributed by atoms with Gasteiger partial charge in [0.05, 0.1) is 13.2 Å². The zero-order chi connectivity index (χ0) is 17.9. The summed E-state index contributed by atoms with van der Waals surface area (Å²) in [7, 11) is 3.48. The lowest BCUT2D eigenvalue weighted by Gasteiger charge is -2.21. The number of benzene rings is 1. The summed E-state index contributed by atoms with van der Waals surface area (Å²) in [4.78, 5) is 4.28. The molecule has 0 heterocycles. The maximum absolute atomic E-state index is 5.77. The minimum Gasteiger partial charge on any atom is -0.496 e. The first-order valence-electron chi connectivity index (χ1n) is 8.71. The molecule has 136 valence electrons. The average Bonchev–Trinajstić information content (AvgIpc) is 2.57. The Hall–Kier alpha value is -1.75. The van der Waals surface area contributed by atoms with Crippen LogP contribution in [-0.2, 0) is 11.3 Å². The van der Waals surface area contributed by atoms with Crippen molar-refractivity contribution < 1.29 is 9.47 Å². The molecule has 1 rings (SSSR count). The summed E-state index contributed by atoms with van der Waals surface area (Å²) in [6.07, 6.45) is 1.23. The van der Waals surface area contributed by atoms with E-state index in [4.69, 9.17) is 9.47 Å². The number of nitrogens with one attached hydrogen (secondary N) is 2. The molecule has 0 fully saturated rings. The molecule has 1 aromatic carbocycles. The van der Waals surface area contributed by atoms with Crippen molar-refractivity contribution >= 4 is 5.96 Å². The quantitative estimate of drug-likeness (QED) is 0.538. The van der Waals surface area contributed by atoms with Crippen molar-refractivity contribution in [1.82, 2.24) is 10.6 Å². The molecule has 5 nitrogen and oxygen atoms in total. The van der Waals surface area contributed by atoms with Crippen molar-refractivity contribution in [3.8, 4) is 5.75 Å². The zero-order valence-electron chi connectivity index (χ0n) is 16.0. The third-order valence-corrected chi connectivity index (χ3v) is 3.96. The van der Waals surface area contributed by atoms with E-state index in [9.17, 15) is 0 Å². The molecule has 1 unspecified atom stereocenters. The highest BCUT2D eigenvalue weighted by atomic mass is 16.5. The molecule has 24 heavy (non-hydrogen) atoms. The maximum Gasteiger partial charge on any atom is 0.191 e. The van der Waals surface area contributed by atoms with Gasteiger partial charge >= 0.3 is 0 Å². The second-order valence-electron chi connectivity index (χ2n) is 6.19. The Balaban J connectivity index is 2.48. The van der Waals surface area contributed by atoms with Crippen LogP contribution >= 0.6 is 0 Å². The lowest BCUT2D eigenvalue weighted by Crippen LogP contribution is -2.39. The number of nitrogens with zero attached hydrogens (tertiary/aromatic N) is 1. The molecule has 0 radical (unpaired) electrons. The Morgan fingerprint density at radius 1 is 1.25 bits per heavy atom. The lowest BCUT2D eigenvalue weighted by molar-refractivity contribution is 0.0258. The van der Waals surface area contributed by atoms with E-state index in [0.717, 1.165) is 36.8 Å². The summed E-state index contributed by atoms with van der Waals surface area (Å²) < 4.78 is 11.2. The Morgan fingerprint density at radius 3 is 2.58 bits per heavy atom. The molecule has 0 aliphatic rings.